The van der Waals surface area contributed by atoms with Gasteiger partial charge >= 0.3 is 5.97 Å². The Hall–Kier alpha value is -1.21. The third-order valence-corrected chi connectivity index (χ3v) is 3.24. The molecule has 0 aliphatic carbocycles. The van der Waals surface area contributed by atoms with E-state index < -0.39 is 18.1 Å². The molecule has 17 heavy (non-hydrogen) atoms. The molecule has 0 aliphatic heterocycles. The molecule has 0 atom stereocenters. The van der Waals surface area contributed by atoms with Crippen molar-refractivity contribution in [1.82, 2.24) is 9.78 Å². The van der Waals surface area contributed by atoms with Crippen molar-refractivity contribution in [3.63, 3.8) is 0 Å². The van der Waals surface area contributed by atoms with Gasteiger partial charge in [0.2, 0.25) is 0 Å². The molecule has 1 aromatic heterocycles. The van der Waals surface area contributed by atoms with E-state index in [-0.39, 0.29) is 0 Å². The van der Waals surface area contributed by atoms with E-state index in [0.717, 1.165) is 9.15 Å². The van der Waals surface area contributed by atoms with Crippen LogP contribution in [0.5, 0.6) is 0 Å². The molecule has 0 bridgehead atoms. The minimum atomic E-state index is -1.11. The smallest absolute Gasteiger partial charge is 0.325 e. The van der Waals surface area contributed by atoms with Crippen molar-refractivity contribution in [2.75, 3.05) is 0 Å². The quantitative estimate of drug-likeness (QED) is 0.888. The zero-order valence-corrected chi connectivity index (χ0v) is 11.5. The molecule has 0 fully saturated rings. The molecule has 0 unspecified atom stereocenters. The second-order valence-electron chi connectivity index (χ2n) is 3.34. The lowest BCUT2D eigenvalue weighted by atomic mass is 10.2. The zero-order valence-electron chi connectivity index (χ0n) is 8.35. The van der Waals surface area contributed by atoms with Crippen molar-refractivity contribution < 1.29 is 9.90 Å². The number of aromatic nitrogens is 2. The summed E-state index contributed by atoms with van der Waals surface area (Å²) < 4.78 is 2.18. The topological polar surface area (TPSA) is 72.2 Å². The van der Waals surface area contributed by atoms with E-state index in [1.54, 1.807) is 18.2 Å². The summed E-state index contributed by atoms with van der Waals surface area (Å²) in [6.07, 6.45) is 0. The number of carboxylic acids is 1. The highest BCUT2D eigenvalue weighted by Gasteiger charge is 2.11. The van der Waals surface area contributed by atoms with Crippen molar-refractivity contribution in [1.29, 1.82) is 0 Å². The van der Waals surface area contributed by atoms with Crippen LogP contribution in [0.4, 0.5) is 0 Å². The van der Waals surface area contributed by atoms with Crippen LogP contribution in [0.3, 0.4) is 0 Å². The Morgan fingerprint density at radius 3 is 2.71 bits per heavy atom. The number of halogens is 2. The van der Waals surface area contributed by atoms with Crippen LogP contribution in [-0.2, 0) is 11.3 Å². The van der Waals surface area contributed by atoms with E-state index in [2.05, 4.69) is 37.0 Å². The van der Waals surface area contributed by atoms with Crippen LogP contribution in [-0.4, -0.2) is 20.9 Å². The second-order valence-corrected chi connectivity index (χ2v) is 5.00. The van der Waals surface area contributed by atoms with Gasteiger partial charge in [0.25, 0.3) is 5.56 Å². The van der Waals surface area contributed by atoms with Gasteiger partial charge in [0, 0.05) is 9.86 Å². The summed E-state index contributed by atoms with van der Waals surface area (Å²) in [6, 6.07) is 5.10. The number of benzene rings is 1. The number of hydrogen-bond donors (Lipinski definition) is 1. The molecule has 0 saturated carbocycles. The Bertz CT molecular complexity index is 666. The fourth-order valence-corrected chi connectivity index (χ4v) is 2.33. The summed E-state index contributed by atoms with van der Waals surface area (Å²) in [5.74, 6) is -1.11. The summed E-state index contributed by atoms with van der Waals surface area (Å²) in [6.45, 7) is -0.455. The molecule has 1 N–H and O–H groups in total. The second kappa shape index (κ2) is 4.58. The van der Waals surface area contributed by atoms with Crippen LogP contribution in [0.15, 0.2) is 32.1 Å². The molecule has 2 aromatic rings. The fourth-order valence-electron chi connectivity index (χ4n) is 1.45. The largest absolute Gasteiger partial charge is 0.480 e. The lowest BCUT2D eigenvalue weighted by Crippen LogP contribution is -2.26. The maximum atomic E-state index is 11.9. The Morgan fingerprint density at radius 1 is 1.35 bits per heavy atom. The SMILES string of the molecule is O=C(O)Cn1nc(Br)c2cc(Br)ccc2c1=O. The van der Waals surface area contributed by atoms with Crippen molar-refractivity contribution in [2.45, 2.75) is 6.54 Å². The van der Waals surface area contributed by atoms with Crippen LogP contribution in [0.1, 0.15) is 0 Å². The molecule has 1 heterocycles. The van der Waals surface area contributed by atoms with E-state index in [1.165, 1.54) is 0 Å². The molecule has 2 rings (SSSR count). The number of carbonyl (C=O) groups is 1. The summed E-state index contributed by atoms with van der Waals surface area (Å²) in [5, 5.41) is 13.6. The van der Waals surface area contributed by atoms with E-state index in [0.29, 0.717) is 15.4 Å². The molecule has 7 heteroatoms. The lowest BCUT2D eigenvalue weighted by Gasteiger charge is -2.05. The van der Waals surface area contributed by atoms with Gasteiger partial charge in [-0.15, -0.1) is 0 Å². The van der Waals surface area contributed by atoms with E-state index in [4.69, 9.17) is 5.11 Å². The summed E-state index contributed by atoms with van der Waals surface area (Å²) in [5.41, 5.74) is -0.418. The number of hydrogen-bond acceptors (Lipinski definition) is 3. The highest BCUT2D eigenvalue weighted by atomic mass is 79.9. The average Bonchev–Trinajstić information content (AvgIpc) is 2.25. The first-order valence-corrected chi connectivity index (χ1v) is 6.15. The lowest BCUT2D eigenvalue weighted by molar-refractivity contribution is -0.138. The molecule has 88 valence electrons. The van der Waals surface area contributed by atoms with E-state index in [9.17, 15) is 9.59 Å². The van der Waals surface area contributed by atoms with Crippen LogP contribution in [0.2, 0.25) is 0 Å². The minimum absolute atomic E-state index is 0.418. The first-order valence-electron chi connectivity index (χ1n) is 4.56. The number of nitrogens with zero attached hydrogens (tertiary/aromatic N) is 2. The molecule has 5 nitrogen and oxygen atoms in total. The Morgan fingerprint density at radius 2 is 2.06 bits per heavy atom. The highest BCUT2D eigenvalue weighted by Crippen LogP contribution is 2.22. The average molecular weight is 362 g/mol. The molecular weight excluding hydrogens is 356 g/mol. The summed E-state index contributed by atoms with van der Waals surface area (Å²) in [7, 11) is 0. The van der Waals surface area contributed by atoms with Crippen molar-refractivity contribution in [2.24, 2.45) is 0 Å². The predicted molar refractivity (Wildman–Crippen MR) is 69.0 cm³/mol. The highest BCUT2D eigenvalue weighted by molar-refractivity contribution is 9.11. The molecule has 0 amide bonds. The third-order valence-electron chi connectivity index (χ3n) is 2.16. The van der Waals surface area contributed by atoms with Gasteiger partial charge in [0.05, 0.1) is 5.39 Å². The molecule has 0 aliphatic rings. The third kappa shape index (κ3) is 2.39. The van der Waals surface area contributed by atoms with Gasteiger partial charge in [-0.25, -0.2) is 4.68 Å². The van der Waals surface area contributed by atoms with Crippen LogP contribution < -0.4 is 5.56 Å². The number of fused-ring (bicyclic) bond motifs is 1. The van der Waals surface area contributed by atoms with Gasteiger partial charge in [-0.2, -0.15) is 5.10 Å². The normalized spacial score (nSPS) is 10.7. The maximum absolute atomic E-state index is 11.9. The van der Waals surface area contributed by atoms with Gasteiger partial charge in [-0.1, -0.05) is 15.9 Å². The van der Waals surface area contributed by atoms with E-state index >= 15 is 0 Å². The molecule has 0 spiro atoms. The Labute approximate surface area is 112 Å². The van der Waals surface area contributed by atoms with Gasteiger partial charge in [-0.05, 0) is 34.1 Å². The first kappa shape index (κ1) is 12.3. The Balaban J connectivity index is 2.76. The minimum Gasteiger partial charge on any atom is -0.480 e. The number of carboxylic acid groups (broad SMARTS) is 1. The van der Waals surface area contributed by atoms with Crippen LogP contribution in [0.25, 0.3) is 10.8 Å². The first-order chi connectivity index (χ1) is 7.99. The monoisotopic (exact) mass is 360 g/mol. The zero-order chi connectivity index (χ0) is 12.6. The van der Waals surface area contributed by atoms with Crippen molar-refractivity contribution in [3.8, 4) is 0 Å². The molecule has 0 saturated heterocycles. The van der Waals surface area contributed by atoms with E-state index in [1.807, 2.05) is 0 Å². The van der Waals surface area contributed by atoms with Crippen molar-refractivity contribution in [3.05, 3.63) is 37.6 Å². The number of aliphatic carboxylic acids is 1. The van der Waals surface area contributed by atoms with Gasteiger partial charge < -0.3 is 5.11 Å². The summed E-state index contributed by atoms with van der Waals surface area (Å²) in [4.78, 5) is 22.5. The standard InChI is InChI=1S/C10H6Br2N2O3/c11-5-1-2-6-7(3-5)9(12)13-14(10(6)17)4-8(15)16/h1-3H,4H2,(H,15,16). The van der Waals surface area contributed by atoms with Gasteiger partial charge in [0.15, 0.2) is 0 Å². The molecule has 0 radical (unpaired) electrons. The number of rotatable bonds is 2. The summed E-state index contributed by atoms with van der Waals surface area (Å²) >= 11 is 6.52. The van der Waals surface area contributed by atoms with Crippen molar-refractivity contribution >= 4 is 48.6 Å². The molecule has 1 aromatic carbocycles. The maximum Gasteiger partial charge on any atom is 0.325 e. The van der Waals surface area contributed by atoms with Gasteiger partial charge in [0.1, 0.15) is 11.1 Å². The fraction of sp³-hybridized carbons (Fsp3) is 0.100. The Kier molecular flexibility index (Phi) is 3.30. The van der Waals surface area contributed by atoms with Crippen LogP contribution >= 0.6 is 31.9 Å². The predicted octanol–water partition coefficient (Wildman–Crippen LogP) is 2.01. The van der Waals surface area contributed by atoms with Gasteiger partial charge in [-0.3, -0.25) is 9.59 Å². The van der Waals surface area contributed by atoms with Crippen LogP contribution in [0, 0.1) is 0 Å². The molecular formula is C10H6Br2N2O3.